The molecule has 2 saturated heterocycles. The van der Waals surface area contributed by atoms with Crippen molar-refractivity contribution in [1.82, 2.24) is 13.1 Å². The quantitative estimate of drug-likeness (QED) is 0.417. The van der Waals surface area contributed by atoms with Gasteiger partial charge in [0.15, 0.2) is 5.82 Å². The summed E-state index contributed by atoms with van der Waals surface area (Å²) in [6, 6.07) is 6.15. The molecular weight excluding hydrogens is 507 g/mol. The average molecular weight is 531 g/mol. The lowest BCUT2D eigenvalue weighted by Crippen LogP contribution is -2.42. The number of piperazine rings is 1. The van der Waals surface area contributed by atoms with Crippen LogP contribution in [0.3, 0.4) is 0 Å². The number of hydrogen-bond acceptors (Lipinski definition) is 8. The van der Waals surface area contributed by atoms with Crippen molar-refractivity contribution >= 4 is 57.6 Å². The third kappa shape index (κ3) is 5.14. The summed E-state index contributed by atoms with van der Waals surface area (Å²) in [6.07, 6.45) is 1.60. The number of nitrogens with one attached hydrogen (secondary N) is 2. The Hall–Kier alpha value is -1.56. The molecule has 1 aromatic carbocycles. The van der Waals surface area contributed by atoms with E-state index in [2.05, 4.69) is 63.6 Å². The average Bonchev–Trinajstić information content (AvgIpc) is 2.70. The molecule has 156 valence electrons. The minimum Gasteiger partial charge on any atom is -0.494 e. The molecule has 0 radical (unpaired) electrons. The fraction of sp³-hybridized carbons (Fsp3) is 0.474. The highest BCUT2D eigenvalue weighted by Gasteiger charge is 2.19. The highest BCUT2D eigenvalue weighted by atomic mass is 127. The molecule has 0 saturated carbocycles. The fourth-order valence-corrected chi connectivity index (χ4v) is 3.82. The van der Waals surface area contributed by atoms with Crippen molar-refractivity contribution < 1.29 is 9.47 Å². The van der Waals surface area contributed by atoms with Gasteiger partial charge in [-0.2, -0.15) is 4.98 Å². The predicted octanol–water partition coefficient (Wildman–Crippen LogP) is 3.41. The van der Waals surface area contributed by atoms with Crippen LogP contribution in [0.1, 0.15) is 0 Å². The molecule has 0 spiro atoms. The molecule has 8 nitrogen and oxygen atoms in total. The molecule has 0 unspecified atom stereocenters. The van der Waals surface area contributed by atoms with E-state index in [9.17, 15) is 0 Å². The van der Waals surface area contributed by atoms with Crippen LogP contribution in [-0.4, -0.2) is 66.1 Å². The number of rotatable bonds is 7. The van der Waals surface area contributed by atoms with Gasteiger partial charge in [0, 0.05) is 73.3 Å². The smallest absolute Gasteiger partial charge is 0.229 e. The zero-order valence-electron chi connectivity index (χ0n) is 16.2. The molecule has 0 amide bonds. The second-order valence-electron chi connectivity index (χ2n) is 7.08. The number of aromatic nitrogens is 2. The topological polar surface area (TPSA) is 74.8 Å². The maximum atomic E-state index is 6.24. The zero-order valence-corrected chi connectivity index (χ0v) is 19.1. The predicted molar refractivity (Wildman–Crippen MR) is 124 cm³/mol. The van der Waals surface area contributed by atoms with Gasteiger partial charge in [0.2, 0.25) is 5.95 Å². The number of methoxy groups -OCH3 is 1. The van der Waals surface area contributed by atoms with E-state index in [0.717, 1.165) is 63.1 Å². The van der Waals surface area contributed by atoms with Crippen molar-refractivity contribution in [3.63, 3.8) is 0 Å². The molecule has 0 bridgehead atoms. The Bertz CT molecular complexity index is 845. The molecule has 10 heteroatoms. The summed E-state index contributed by atoms with van der Waals surface area (Å²) in [5.74, 6) is 2.33. The van der Waals surface area contributed by atoms with Gasteiger partial charge in [-0.1, -0.05) is 11.6 Å². The number of halogens is 2. The Morgan fingerprint density at radius 3 is 2.76 bits per heavy atom. The Morgan fingerprint density at radius 1 is 1.28 bits per heavy atom. The van der Waals surface area contributed by atoms with Gasteiger partial charge in [0.25, 0.3) is 0 Å². The van der Waals surface area contributed by atoms with Crippen molar-refractivity contribution in [2.75, 3.05) is 68.6 Å². The second kappa shape index (κ2) is 9.50. The van der Waals surface area contributed by atoms with Gasteiger partial charge in [-0.3, -0.25) is 0 Å². The van der Waals surface area contributed by atoms with Crippen LogP contribution in [0.25, 0.3) is 0 Å². The van der Waals surface area contributed by atoms with Crippen molar-refractivity contribution in [3.8, 4) is 5.75 Å². The van der Waals surface area contributed by atoms with Crippen LogP contribution in [0.4, 0.5) is 23.1 Å². The van der Waals surface area contributed by atoms with Crippen LogP contribution in [-0.2, 0) is 4.74 Å². The summed E-state index contributed by atoms with van der Waals surface area (Å²) in [6.45, 7) is 6.42. The molecule has 1 aromatic heterocycles. The van der Waals surface area contributed by atoms with E-state index in [1.54, 1.807) is 13.3 Å². The Kier molecular flexibility index (Phi) is 6.78. The first kappa shape index (κ1) is 20.7. The molecule has 2 fully saturated rings. The highest BCUT2D eigenvalue weighted by molar-refractivity contribution is 14.1. The van der Waals surface area contributed by atoms with E-state index in [1.165, 1.54) is 0 Å². The Labute approximate surface area is 189 Å². The maximum Gasteiger partial charge on any atom is 0.229 e. The first-order valence-corrected chi connectivity index (χ1v) is 10.9. The molecule has 29 heavy (non-hydrogen) atoms. The van der Waals surface area contributed by atoms with Crippen molar-refractivity contribution in [1.29, 1.82) is 0 Å². The largest absolute Gasteiger partial charge is 0.494 e. The monoisotopic (exact) mass is 530 g/mol. The number of nitrogens with zero attached hydrogens (tertiary/aromatic N) is 4. The van der Waals surface area contributed by atoms with Gasteiger partial charge >= 0.3 is 0 Å². The highest BCUT2D eigenvalue weighted by Crippen LogP contribution is 2.32. The van der Waals surface area contributed by atoms with E-state index in [4.69, 9.17) is 21.1 Å². The number of anilines is 4. The maximum absolute atomic E-state index is 6.24. The summed E-state index contributed by atoms with van der Waals surface area (Å²) in [5, 5.41) is 7.02. The lowest BCUT2D eigenvalue weighted by Gasteiger charge is -2.33. The van der Waals surface area contributed by atoms with Crippen LogP contribution in [0.2, 0.25) is 5.02 Å². The van der Waals surface area contributed by atoms with Gasteiger partial charge in [0.1, 0.15) is 10.8 Å². The van der Waals surface area contributed by atoms with E-state index < -0.39 is 0 Å². The first-order valence-electron chi connectivity index (χ1n) is 9.57. The summed E-state index contributed by atoms with van der Waals surface area (Å²) in [7, 11) is 1.67. The van der Waals surface area contributed by atoms with E-state index in [1.807, 2.05) is 6.07 Å². The third-order valence-corrected chi connectivity index (χ3v) is 6.27. The van der Waals surface area contributed by atoms with Crippen molar-refractivity contribution in [2.45, 2.75) is 0 Å². The van der Waals surface area contributed by atoms with E-state index in [0.29, 0.717) is 22.7 Å². The molecule has 0 aliphatic carbocycles. The minimum atomic E-state index is 0.464. The first-order chi connectivity index (χ1) is 14.1. The molecule has 2 N–H and O–H groups in total. The minimum absolute atomic E-state index is 0.464. The van der Waals surface area contributed by atoms with Gasteiger partial charge in [-0.05, 0) is 12.1 Å². The van der Waals surface area contributed by atoms with Crippen LogP contribution in [0.15, 0.2) is 24.4 Å². The molecule has 4 rings (SSSR count). The number of benzene rings is 1. The summed E-state index contributed by atoms with van der Waals surface area (Å²) in [4.78, 5) is 11.2. The SMILES string of the molecule is COc1cc(N2CCN(I)CC2)ccc1Nc1ncc(Cl)c(NCC2COC2)n1. The van der Waals surface area contributed by atoms with Crippen molar-refractivity contribution in [2.24, 2.45) is 5.92 Å². The number of hydrogen-bond donors (Lipinski definition) is 2. The van der Waals surface area contributed by atoms with Crippen molar-refractivity contribution in [3.05, 3.63) is 29.4 Å². The summed E-state index contributed by atoms with van der Waals surface area (Å²) < 4.78 is 13.1. The van der Waals surface area contributed by atoms with Crippen LogP contribution in [0.5, 0.6) is 5.75 Å². The zero-order chi connectivity index (χ0) is 20.2. The molecule has 2 aromatic rings. The summed E-state index contributed by atoms with van der Waals surface area (Å²) >= 11 is 8.61. The lowest BCUT2D eigenvalue weighted by molar-refractivity contribution is -0.0248. The molecular formula is C19H24ClIN6O2. The number of ether oxygens (including phenoxy) is 2. The van der Waals surface area contributed by atoms with Gasteiger partial charge in [0.05, 0.1) is 32.2 Å². The van der Waals surface area contributed by atoms with Crippen LogP contribution in [0, 0.1) is 5.92 Å². The standard InChI is InChI=1S/C19H24ClIN6O2/c1-28-17-8-14(26-4-6-27(21)7-5-26)2-3-16(17)24-19-23-10-15(20)18(25-19)22-9-13-11-29-12-13/h2-3,8,10,13H,4-7,9,11-12H2,1H3,(H2,22,23,24,25). The van der Waals surface area contributed by atoms with Crippen LogP contribution >= 0.6 is 34.5 Å². The van der Waals surface area contributed by atoms with Crippen LogP contribution < -0.4 is 20.3 Å². The lowest BCUT2D eigenvalue weighted by atomic mass is 10.1. The molecule has 2 aliphatic heterocycles. The van der Waals surface area contributed by atoms with Gasteiger partial charge < -0.3 is 25.0 Å². The second-order valence-corrected chi connectivity index (χ2v) is 8.85. The normalized spacial score (nSPS) is 17.7. The van der Waals surface area contributed by atoms with Gasteiger partial charge in [-0.25, -0.2) is 8.10 Å². The van der Waals surface area contributed by atoms with E-state index >= 15 is 0 Å². The fourth-order valence-electron chi connectivity index (χ4n) is 3.24. The van der Waals surface area contributed by atoms with E-state index in [-0.39, 0.29) is 0 Å². The summed E-state index contributed by atoms with van der Waals surface area (Å²) in [5.41, 5.74) is 1.96. The van der Waals surface area contributed by atoms with Gasteiger partial charge in [-0.15, -0.1) is 0 Å². The molecule has 3 heterocycles. The molecule has 2 aliphatic rings. The Balaban J connectivity index is 1.46. The molecule has 0 atom stereocenters. The Morgan fingerprint density at radius 2 is 2.07 bits per heavy atom. The third-order valence-electron chi connectivity index (χ3n) is 5.03.